The Morgan fingerprint density at radius 3 is 2.41 bits per heavy atom. The first kappa shape index (κ1) is 13.6. The molecule has 0 aromatic heterocycles. The fourth-order valence-corrected chi connectivity index (χ4v) is 1.25. The van der Waals surface area contributed by atoms with Crippen molar-refractivity contribution < 1.29 is 9.90 Å². The van der Waals surface area contributed by atoms with Crippen LogP contribution >= 0.6 is 0 Å². The third kappa shape index (κ3) is 3.48. The fourth-order valence-electron chi connectivity index (χ4n) is 1.25. The number of aromatic hydroxyl groups is 1. The molecular weight excluding hydrogens is 214 g/mol. The fraction of sp³-hybridized carbons (Fsp3) is 0.500. The summed E-state index contributed by atoms with van der Waals surface area (Å²) in [6, 6.07) is 5.03. The molecule has 1 aromatic rings. The lowest BCUT2D eigenvalue weighted by Gasteiger charge is -2.28. The maximum atomic E-state index is 11.9. The van der Waals surface area contributed by atoms with E-state index in [0.717, 1.165) is 5.56 Å². The minimum absolute atomic E-state index is 0.0163. The van der Waals surface area contributed by atoms with E-state index in [-0.39, 0.29) is 23.1 Å². The smallest absolute Gasteiger partial charge is 0.251 e. The highest BCUT2D eigenvalue weighted by molar-refractivity contribution is 5.94. The van der Waals surface area contributed by atoms with Crippen molar-refractivity contribution in [3.63, 3.8) is 0 Å². The summed E-state index contributed by atoms with van der Waals surface area (Å²) in [5, 5.41) is 12.5. The van der Waals surface area contributed by atoms with Crippen molar-refractivity contribution in [2.75, 3.05) is 0 Å². The minimum Gasteiger partial charge on any atom is -0.508 e. The molecule has 0 bridgehead atoms. The average molecular weight is 235 g/mol. The minimum atomic E-state index is -0.150. The van der Waals surface area contributed by atoms with Gasteiger partial charge < -0.3 is 10.4 Å². The van der Waals surface area contributed by atoms with Gasteiger partial charge in [0, 0.05) is 11.6 Å². The molecule has 17 heavy (non-hydrogen) atoms. The van der Waals surface area contributed by atoms with E-state index < -0.39 is 0 Å². The van der Waals surface area contributed by atoms with Crippen molar-refractivity contribution in [3.05, 3.63) is 29.3 Å². The number of phenolic OH excluding ortho intramolecular Hbond substituents is 1. The van der Waals surface area contributed by atoms with E-state index in [0.29, 0.717) is 5.56 Å². The normalized spacial score (nSPS) is 13.2. The molecule has 3 nitrogen and oxygen atoms in total. The molecule has 0 saturated carbocycles. The largest absolute Gasteiger partial charge is 0.508 e. The van der Waals surface area contributed by atoms with Crippen LogP contribution in [0.5, 0.6) is 5.75 Å². The van der Waals surface area contributed by atoms with E-state index in [1.165, 1.54) is 6.07 Å². The summed E-state index contributed by atoms with van der Waals surface area (Å²) >= 11 is 0. The molecule has 1 aromatic carbocycles. The second-order valence-electron chi connectivity index (χ2n) is 5.56. The predicted molar refractivity (Wildman–Crippen MR) is 69.2 cm³/mol. The Balaban J connectivity index is 2.80. The van der Waals surface area contributed by atoms with Crippen LogP contribution in [0.15, 0.2) is 18.2 Å². The molecule has 0 heterocycles. The third-order valence-corrected chi connectivity index (χ3v) is 3.12. The van der Waals surface area contributed by atoms with Gasteiger partial charge in [0.1, 0.15) is 5.75 Å². The van der Waals surface area contributed by atoms with E-state index in [2.05, 4.69) is 26.1 Å². The van der Waals surface area contributed by atoms with Gasteiger partial charge in [0.15, 0.2) is 0 Å². The molecule has 3 heteroatoms. The van der Waals surface area contributed by atoms with Crippen LogP contribution in [0.4, 0.5) is 0 Å². The molecule has 0 aliphatic rings. The van der Waals surface area contributed by atoms with Gasteiger partial charge >= 0.3 is 0 Å². The van der Waals surface area contributed by atoms with Gasteiger partial charge in [0.25, 0.3) is 5.91 Å². The molecule has 0 saturated heterocycles. The van der Waals surface area contributed by atoms with Crippen LogP contribution in [0.2, 0.25) is 0 Å². The van der Waals surface area contributed by atoms with Gasteiger partial charge in [-0.25, -0.2) is 0 Å². The Labute approximate surface area is 103 Å². The van der Waals surface area contributed by atoms with Crippen molar-refractivity contribution in [1.29, 1.82) is 0 Å². The standard InChI is InChI=1S/C14H21NO2/c1-9-6-7-11(8-12(9)16)13(17)15-10(2)14(3,4)5/h6-8,10,16H,1-5H3,(H,15,17). The molecule has 0 aliphatic heterocycles. The number of carbonyl (C=O) groups excluding carboxylic acids is 1. The summed E-state index contributed by atoms with van der Waals surface area (Å²) in [6.07, 6.45) is 0. The highest BCUT2D eigenvalue weighted by Gasteiger charge is 2.22. The van der Waals surface area contributed by atoms with Gasteiger partial charge in [-0.3, -0.25) is 4.79 Å². The maximum Gasteiger partial charge on any atom is 0.251 e. The zero-order chi connectivity index (χ0) is 13.2. The average Bonchev–Trinajstić information content (AvgIpc) is 2.20. The van der Waals surface area contributed by atoms with Crippen LogP contribution in [0.25, 0.3) is 0 Å². The summed E-state index contributed by atoms with van der Waals surface area (Å²) < 4.78 is 0. The third-order valence-electron chi connectivity index (χ3n) is 3.12. The topological polar surface area (TPSA) is 49.3 Å². The van der Waals surface area contributed by atoms with Crippen molar-refractivity contribution in [2.45, 2.75) is 40.7 Å². The molecule has 1 rings (SSSR count). The zero-order valence-electron chi connectivity index (χ0n) is 11.2. The quantitative estimate of drug-likeness (QED) is 0.828. The molecular formula is C14H21NO2. The summed E-state index contributed by atoms with van der Waals surface area (Å²) in [7, 11) is 0. The SMILES string of the molecule is Cc1ccc(C(=O)NC(C)C(C)(C)C)cc1O. The number of aryl methyl sites for hydroxylation is 1. The predicted octanol–water partition coefficient (Wildman–Crippen LogP) is 2.87. The number of nitrogens with one attached hydrogen (secondary N) is 1. The van der Waals surface area contributed by atoms with Gasteiger partial charge in [0.05, 0.1) is 0 Å². The maximum absolute atomic E-state index is 11.9. The van der Waals surface area contributed by atoms with Crippen LogP contribution < -0.4 is 5.32 Å². The summed E-state index contributed by atoms with van der Waals surface area (Å²) in [5.74, 6) is 0.00351. The Bertz CT molecular complexity index is 419. The highest BCUT2D eigenvalue weighted by atomic mass is 16.3. The van der Waals surface area contributed by atoms with E-state index in [4.69, 9.17) is 0 Å². The Morgan fingerprint density at radius 1 is 1.35 bits per heavy atom. The van der Waals surface area contributed by atoms with E-state index in [1.807, 2.05) is 6.92 Å². The van der Waals surface area contributed by atoms with Crippen LogP contribution in [0.1, 0.15) is 43.6 Å². The zero-order valence-corrected chi connectivity index (χ0v) is 11.2. The lowest BCUT2D eigenvalue weighted by atomic mass is 9.88. The molecule has 1 unspecified atom stereocenters. The summed E-state index contributed by atoms with van der Waals surface area (Å²) in [6.45, 7) is 10.0. The first-order valence-corrected chi connectivity index (χ1v) is 5.82. The van der Waals surface area contributed by atoms with Crippen LogP contribution in [0.3, 0.4) is 0 Å². The second-order valence-corrected chi connectivity index (χ2v) is 5.56. The van der Waals surface area contributed by atoms with Crippen LogP contribution in [-0.2, 0) is 0 Å². The van der Waals surface area contributed by atoms with Crippen molar-refractivity contribution in [1.82, 2.24) is 5.32 Å². The Kier molecular flexibility index (Phi) is 3.81. The van der Waals surface area contributed by atoms with Gasteiger partial charge in [-0.05, 0) is 37.0 Å². The number of rotatable bonds is 2. The van der Waals surface area contributed by atoms with Crippen molar-refractivity contribution >= 4 is 5.91 Å². The number of benzene rings is 1. The number of carbonyl (C=O) groups is 1. The van der Waals surface area contributed by atoms with Crippen LogP contribution in [0, 0.1) is 12.3 Å². The molecule has 0 spiro atoms. The number of phenols is 1. The van der Waals surface area contributed by atoms with Crippen molar-refractivity contribution in [2.24, 2.45) is 5.41 Å². The molecule has 1 atom stereocenters. The van der Waals surface area contributed by atoms with Gasteiger partial charge in [-0.1, -0.05) is 26.8 Å². The highest BCUT2D eigenvalue weighted by Crippen LogP contribution is 2.20. The van der Waals surface area contributed by atoms with E-state index in [1.54, 1.807) is 19.1 Å². The van der Waals surface area contributed by atoms with E-state index in [9.17, 15) is 9.90 Å². The molecule has 0 fully saturated rings. The number of hydrogen-bond acceptors (Lipinski definition) is 2. The first-order valence-electron chi connectivity index (χ1n) is 5.82. The summed E-state index contributed by atoms with van der Waals surface area (Å²) in [4.78, 5) is 11.9. The molecule has 94 valence electrons. The van der Waals surface area contributed by atoms with Gasteiger partial charge in [-0.15, -0.1) is 0 Å². The molecule has 1 amide bonds. The Morgan fingerprint density at radius 2 is 1.94 bits per heavy atom. The molecule has 0 aliphatic carbocycles. The van der Waals surface area contributed by atoms with Gasteiger partial charge in [0.2, 0.25) is 0 Å². The summed E-state index contributed by atoms with van der Waals surface area (Å²) in [5.41, 5.74) is 1.28. The number of hydrogen-bond donors (Lipinski definition) is 2. The van der Waals surface area contributed by atoms with E-state index >= 15 is 0 Å². The van der Waals surface area contributed by atoms with Crippen LogP contribution in [-0.4, -0.2) is 17.1 Å². The number of amides is 1. The monoisotopic (exact) mass is 235 g/mol. The molecule has 2 N–H and O–H groups in total. The second kappa shape index (κ2) is 4.78. The lowest BCUT2D eigenvalue weighted by Crippen LogP contribution is -2.41. The lowest BCUT2D eigenvalue weighted by molar-refractivity contribution is 0.0909. The Hall–Kier alpha value is -1.51. The molecule has 0 radical (unpaired) electrons. The van der Waals surface area contributed by atoms with Gasteiger partial charge in [-0.2, -0.15) is 0 Å². The van der Waals surface area contributed by atoms with Crippen molar-refractivity contribution in [3.8, 4) is 5.75 Å². The first-order chi connectivity index (χ1) is 7.71.